The van der Waals surface area contributed by atoms with Crippen LogP contribution in [0.1, 0.15) is 17.4 Å². The van der Waals surface area contributed by atoms with Crippen molar-refractivity contribution in [2.75, 3.05) is 0 Å². The summed E-state index contributed by atoms with van der Waals surface area (Å²) >= 11 is 5.82. The summed E-state index contributed by atoms with van der Waals surface area (Å²) in [6.07, 6.45) is -7.85. The molecule has 22 heavy (non-hydrogen) atoms. The van der Waals surface area contributed by atoms with E-state index in [1.165, 1.54) is 6.07 Å². The molecule has 1 aromatic carbocycles. The number of aliphatic hydroxyl groups is 2. The molecule has 10 heteroatoms. The van der Waals surface area contributed by atoms with Crippen molar-refractivity contribution in [2.45, 2.75) is 24.9 Å². The molecule has 0 fully saturated rings. The van der Waals surface area contributed by atoms with Crippen LogP contribution in [0.5, 0.6) is 0 Å². The minimum atomic E-state index is -4.80. The third kappa shape index (κ3) is 3.73. The summed E-state index contributed by atoms with van der Waals surface area (Å²) in [6, 6.07) is 3.30. The zero-order valence-corrected chi connectivity index (χ0v) is 11.6. The van der Waals surface area contributed by atoms with Gasteiger partial charge in [-0.2, -0.15) is 13.2 Å². The van der Waals surface area contributed by atoms with Crippen molar-refractivity contribution in [1.29, 1.82) is 0 Å². The second-order valence-corrected chi connectivity index (χ2v) is 4.90. The van der Waals surface area contributed by atoms with E-state index in [1.807, 2.05) is 0 Å². The standard InChI is InChI=1S/C12H10ClF4N3O2/c13-8-2-1-6(14)3-7(8)11(22)9-4-20(19-18-9)5-10(21)12(15,16)17/h1-4,10-11,21-22H,5H2. The molecule has 2 aromatic rings. The molecule has 0 aliphatic heterocycles. The average molecular weight is 340 g/mol. The number of rotatable bonds is 4. The molecule has 2 rings (SSSR count). The largest absolute Gasteiger partial charge is 0.416 e. The van der Waals surface area contributed by atoms with Crippen molar-refractivity contribution in [3.63, 3.8) is 0 Å². The van der Waals surface area contributed by atoms with E-state index < -0.39 is 30.7 Å². The monoisotopic (exact) mass is 339 g/mol. The number of alkyl halides is 3. The zero-order valence-electron chi connectivity index (χ0n) is 10.8. The van der Waals surface area contributed by atoms with Crippen LogP contribution >= 0.6 is 11.6 Å². The first-order valence-electron chi connectivity index (χ1n) is 5.96. The van der Waals surface area contributed by atoms with Gasteiger partial charge in [0.15, 0.2) is 6.10 Å². The SMILES string of the molecule is OC(c1cn(CC(O)C(F)(F)F)nn1)c1cc(F)ccc1Cl. The van der Waals surface area contributed by atoms with Gasteiger partial charge in [0.25, 0.3) is 0 Å². The van der Waals surface area contributed by atoms with Crippen LogP contribution in [0.4, 0.5) is 17.6 Å². The highest BCUT2D eigenvalue weighted by atomic mass is 35.5. The highest BCUT2D eigenvalue weighted by molar-refractivity contribution is 6.31. The Morgan fingerprint density at radius 1 is 1.27 bits per heavy atom. The summed E-state index contributed by atoms with van der Waals surface area (Å²) in [5.74, 6) is -0.640. The molecule has 0 spiro atoms. The second kappa shape index (κ2) is 6.19. The Kier molecular flexibility index (Phi) is 4.69. The van der Waals surface area contributed by atoms with E-state index in [0.29, 0.717) is 0 Å². The maximum absolute atomic E-state index is 13.2. The van der Waals surface area contributed by atoms with E-state index in [9.17, 15) is 22.7 Å². The molecule has 0 aliphatic rings. The Morgan fingerprint density at radius 3 is 2.59 bits per heavy atom. The zero-order chi connectivity index (χ0) is 16.5. The van der Waals surface area contributed by atoms with Crippen LogP contribution in [-0.2, 0) is 6.54 Å². The number of halogens is 5. The van der Waals surface area contributed by atoms with Crippen LogP contribution in [0.25, 0.3) is 0 Å². The predicted molar refractivity (Wildman–Crippen MR) is 67.6 cm³/mol. The van der Waals surface area contributed by atoms with Gasteiger partial charge in [-0.1, -0.05) is 16.8 Å². The Hall–Kier alpha value is -1.71. The van der Waals surface area contributed by atoms with Gasteiger partial charge in [0.05, 0.1) is 12.7 Å². The van der Waals surface area contributed by atoms with Gasteiger partial charge >= 0.3 is 6.18 Å². The Labute approximate surface area is 126 Å². The van der Waals surface area contributed by atoms with E-state index in [4.69, 9.17) is 16.7 Å². The van der Waals surface area contributed by atoms with E-state index in [1.54, 1.807) is 0 Å². The Morgan fingerprint density at radius 2 is 1.95 bits per heavy atom. The number of hydrogen-bond donors (Lipinski definition) is 2. The lowest BCUT2D eigenvalue weighted by Gasteiger charge is -2.13. The van der Waals surface area contributed by atoms with Gasteiger partial charge in [-0.05, 0) is 18.2 Å². The highest BCUT2D eigenvalue weighted by Crippen LogP contribution is 2.28. The van der Waals surface area contributed by atoms with Crippen molar-refractivity contribution in [1.82, 2.24) is 15.0 Å². The molecular weight excluding hydrogens is 330 g/mol. The van der Waals surface area contributed by atoms with Crippen LogP contribution in [0.3, 0.4) is 0 Å². The molecule has 0 aliphatic carbocycles. The van der Waals surface area contributed by atoms with Gasteiger partial charge in [0, 0.05) is 10.6 Å². The molecule has 0 saturated carbocycles. The fourth-order valence-electron chi connectivity index (χ4n) is 1.69. The van der Waals surface area contributed by atoms with E-state index >= 15 is 0 Å². The van der Waals surface area contributed by atoms with Gasteiger partial charge < -0.3 is 10.2 Å². The van der Waals surface area contributed by atoms with Crippen LogP contribution in [0.15, 0.2) is 24.4 Å². The lowest BCUT2D eigenvalue weighted by Crippen LogP contribution is -2.32. The quantitative estimate of drug-likeness (QED) is 0.837. The molecule has 120 valence electrons. The molecule has 2 N–H and O–H groups in total. The molecule has 0 amide bonds. The van der Waals surface area contributed by atoms with Gasteiger partial charge in [-0.15, -0.1) is 5.10 Å². The first-order valence-corrected chi connectivity index (χ1v) is 6.34. The molecule has 2 unspecified atom stereocenters. The fraction of sp³-hybridized carbons (Fsp3) is 0.333. The molecule has 1 heterocycles. The van der Waals surface area contributed by atoms with Crippen molar-refractivity contribution in [2.24, 2.45) is 0 Å². The van der Waals surface area contributed by atoms with E-state index in [-0.39, 0.29) is 16.3 Å². The lowest BCUT2D eigenvalue weighted by atomic mass is 10.1. The van der Waals surface area contributed by atoms with Gasteiger partial charge in [-0.3, -0.25) is 0 Å². The highest BCUT2D eigenvalue weighted by Gasteiger charge is 2.38. The van der Waals surface area contributed by atoms with E-state index in [0.717, 1.165) is 23.0 Å². The van der Waals surface area contributed by atoms with Crippen LogP contribution in [0, 0.1) is 5.82 Å². The van der Waals surface area contributed by atoms with Gasteiger partial charge in [0.1, 0.15) is 17.6 Å². The molecular formula is C12H10ClF4N3O2. The summed E-state index contributed by atoms with van der Waals surface area (Å²) in [5.41, 5.74) is -0.119. The smallest absolute Gasteiger partial charge is 0.382 e. The van der Waals surface area contributed by atoms with Gasteiger partial charge in [-0.25, -0.2) is 9.07 Å². The minimum absolute atomic E-state index is 0.00471. The molecule has 5 nitrogen and oxygen atoms in total. The van der Waals surface area contributed by atoms with Crippen molar-refractivity contribution < 1.29 is 27.8 Å². The lowest BCUT2D eigenvalue weighted by molar-refractivity contribution is -0.208. The van der Waals surface area contributed by atoms with Crippen LogP contribution in [0.2, 0.25) is 5.02 Å². The second-order valence-electron chi connectivity index (χ2n) is 4.49. The van der Waals surface area contributed by atoms with E-state index in [2.05, 4.69) is 10.3 Å². The summed E-state index contributed by atoms with van der Waals surface area (Å²) < 4.78 is 50.6. The number of nitrogens with zero attached hydrogens (tertiary/aromatic N) is 3. The molecule has 0 bridgehead atoms. The summed E-state index contributed by atoms with van der Waals surface area (Å²) in [6.45, 7) is -0.875. The van der Waals surface area contributed by atoms with Crippen LogP contribution < -0.4 is 0 Å². The maximum atomic E-state index is 13.2. The predicted octanol–water partition coefficient (Wildman–Crippen LogP) is 2.08. The number of hydrogen-bond acceptors (Lipinski definition) is 4. The van der Waals surface area contributed by atoms with Crippen molar-refractivity contribution >= 4 is 11.6 Å². The molecule has 2 atom stereocenters. The van der Waals surface area contributed by atoms with Crippen molar-refractivity contribution in [3.05, 3.63) is 46.5 Å². The Balaban J connectivity index is 2.19. The third-order valence-electron chi connectivity index (χ3n) is 2.83. The molecule has 0 radical (unpaired) electrons. The fourth-order valence-corrected chi connectivity index (χ4v) is 1.91. The topological polar surface area (TPSA) is 71.2 Å². The number of benzene rings is 1. The normalized spacial score (nSPS) is 14.9. The van der Waals surface area contributed by atoms with Gasteiger partial charge in [0.2, 0.25) is 0 Å². The molecule has 1 aromatic heterocycles. The maximum Gasteiger partial charge on any atom is 0.416 e. The summed E-state index contributed by atoms with van der Waals surface area (Å²) in [4.78, 5) is 0. The summed E-state index contributed by atoms with van der Waals surface area (Å²) in [5, 5.41) is 25.9. The Bertz CT molecular complexity index is 662. The summed E-state index contributed by atoms with van der Waals surface area (Å²) in [7, 11) is 0. The number of aliphatic hydroxyl groups excluding tert-OH is 2. The molecule has 0 saturated heterocycles. The van der Waals surface area contributed by atoms with Crippen LogP contribution in [-0.4, -0.2) is 37.5 Å². The first kappa shape index (κ1) is 16.7. The average Bonchev–Trinajstić information content (AvgIpc) is 2.88. The number of aromatic nitrogens is 3. The minimum Gasteiger partial charge on any atom is -0.382 e. The third-order valence-corrected chi connectivity index (χ3v) is 3.17. The first-order chi connectivity index (χ1) is 10.2. The van der Waals surface area contributed by atoms with Crippen molar-refractivity contribution in [3.8, 4) is 0 Å².